The summed E-state index contributed by atoms with van der Waals surface area (Å²) in [4.78, 5) is 12.0. The third kappa shape index (κ3) is 2.09. The molecule has 0 spiro atoms. The zero-order chi connectivity index (χ0) is 8.97. The van der Waals surface area contributed by atoms with Gasteiger partial charge in [-0.2, -0.15) is 0 Å². The van der Waals surface area contributed by atoms with Gasteiger partial charge in [0.05, 0.1) is 16.3 Å². The first-order valence-electron chi connectivity index (χ1n) is 3.32. The summed E-state index contributed by atoms with van der Waals surface area (Å²) in [5, 5.41) is 0. The molecule has 0 saturated heterocycles. The third-order valence-electron chi connectivity index (χ3n) is 1.16. The minimum absolute atomic E-state index is 0.323. The lowest BCUT2D eigenvalue weighted by Gasteiger charge is -1.82. The van der Waals surface area contributed by atoms with Crippen LogP contribution >= 0.6 is 11.3 Å². The molecule has 1 aromatic heterocycles. The van der Waals surface area contributed by atoms with Gasteiger partial charge in [-0.25, -0.2) is 0 Å². The summed E-state index contributed by atoms with van der Waals surface area (Å²) in [6.07, 6.45) is 0. The summed E-state index contributed by atoms with van der Waals surface area (Å²) in [5.74, 6) is 5.09. The molecule has 0 aliphatic heterocycles. The Hall–Kier alpha value is -1.31. The predicted molar refractivity (Wildman–Crippen MR) is 48.8 cm³/mol. The Kier molecular flexibility index (Phi) is 2.86. The molecule has 4 heteroatoms. The number of thiophene rings is 1. The van der Waals surface area contributed by atoms with Gasteiger partial charge in [-0.1, -0.05) is 11.8 Å². The maximum Gasteiger partial charge on any atom is 0.258 e. The minimum Gasteiger partial charge on any atom is -0.365 e. The van der Waals surface area contributed by atoms with E-state index < -0.39 is 5.91 Å². The Morgan fingerprint density at radius 1 is 1.58 bits per heavy atom. The zero-order valence-electron chi connectivity index (χ0n) is 6.33. The summed E-state index contributed by atoms with van der Waals surface area (Å²) in [5.41, 5.74) is 10.2. The van der Waals surface area contributed by atoms with Crippen molar-refractivity contribution in [1.29, 1.82) is 0 Å². The van der Waals surface area contributed by atoms with E-state index >= 15 is 0 Å². The van der Waals surface area contributed by atoms with Crippen molar-refractivity contribution in [2.75, 3.05) is 6.54 Å². The molecule has 1 heterocycles. The van der Waals surface area contributed by atoms with Crippen LogP contribution in [0.1, 0.15) is 14.5 Å². The van der Waals surface area contributed by atoms with E-state index in [2.05, 4.69) is 11.8 Å². The Morgan fingerprint density at radius 2 is 2.33 bits per heavy atom. The topological polar surface area (TPSA) is 69.1 Å². The fourth-order valence-electron chi connectivity index (χ4n) is 0.676. The summed E-state index contributed by atoms with van der Waals surface area (Å²) in [7, 11) is 0. The van der Waals surface area contributed by atoms with Crippen LogP contribution < -0.4 is 11.5 Å². The number of carbonyl (C=O) groups is 1. The Labute approximate surface area is 74.4 Å². The van der Waals surface area contributed by atoms with Crippen LogP contribution in [0.3, 0.4) is 0 Å². The fourth-order valence-corrected chi connectivity index (χ4v) is 1.41. The SMILES string of the molecule is NCC#Cc1ccc(C(N)=O)s1. The quantitative estimate of drug-likeness (QED) is 0.604. The van der Waals surface area contributed by atoms with E-state index in [1.54, 1.807) is 12.1 Å². The molecular formula is C8H8N2OS. The van der Waals surface area contributed by atoms with Crippen molar-refractivity contribution >= 4 is 17.2 Å². The van der Waals surface area contributed by atoms with E-state index in [0.717, 1.165) is 4.88 Å². The van der Waals surface area contributed by atoms with Crippen LogP contribution in [0.25, 0.3) is 0 Å². The lowest BCUT2D eigenvalue weighted by atomic mass is 10.4. The average Bonchev–Trinajstić information content (AvgIpc) is 2.48. The standard InChI is InChI=1S/C8H8N2OS/c9-5-1-2-6-3-4-7(12-6)8(10)11/h3-4H,5,9H2,(H2,10,11). The molecule has 4 N–H and O–H groups in total. The van der Waals surface area contributed by atoms with Gasteiger partial charge in [-0.3, -0.25) is 4.79 Å². The zero-order valence-corrected chi connectivity index (χ0v) is 7.15. The highest BCUT2D eigenvalue weighted by Crippen LogP contribution is 2.13. The first kappa shape index (κ1) is 8.78. The smallest absolute Gasteiger partial charge is 0.258 e. The molecule has 0 saturated carbocycles. The van der Waals surface area contributed by atoms with Gasteiger partial charge >= 0.3 is 0 Å². The normalized spacial score (nSPS) is 8.75. The van der Waals surface area contributed by atoms with Crippen LogP contribution in [0.15, 0.2) is 12.1 Å². The average molecular weight is 180 g/mol. The molecule has 0 radical (unpaired) electrons. The molecule has 0 aliphatic rings. The highest BCUT2D eigenvalue weighted by Gasteiger charge is 2.02. The second kappa shape index (κ2) is 3.90. The number of carbonyl (C=O) groups excluding carboxylic acids is 1. The van der Waals surface area contributed by atoms with Gasteiger partial charge in [0, 0.05) is 0 Å². The van der Waals surface area contributed by atoms with Crippen molar-refractivity contribution < 1.29 is 4.79 Å². The van der Waals surface area contributed by atoms with Crippen molar-refractivity contribution in [1.82, 2.24) is 0 Å². The van der Waals surface area contributed by atoms with Crippen LogP contribution in [-0.2, 0) is 0 Å². The number of amides is 1. The van der Waals surface area contributed by atoms with Gasteiger partial charge in [0.25, 0.3) is 5.91 Å². The Balaban J connectivity index is 2.84. The van der Waals surface area contributed by atoms with Gasteiger partial charge in [0.2, 0.25) is 0 Å². The molecule has 0 aliphatic carbocycles. The minimum atomic E-state index is -0.416. The van der Waals surface area contributed by atoms with Gasteiger partial charge in [0.15, 0.2) is 0 Å². The highest BCUT2D eigenvalue weighted by atomic mass is 32.1. The van der Waals surface area contributed by atoms with Crippen molar-refractivity contribution in [3.8, 4) is 11.8 Å². The summed E-state index contributed by atoms with van der Waals surface area (Å²) in [6, 6.07) is 3.42. The molecule has 1 amide bonds. The molecule has 1 rings (SSSR count). The van der Waals surface area contributed by atoms with Gasteiger partial charge in [-0.05, 0) is 12.1 Å². The van der Waals surface area contributed by atoms with Crippen molar-refractivity contribution in [3.05, 3.63) is 21.9 Å². The van der Waals surface area contributed by atoms with Gasteiger partial charge in [0.1, 0.15) is 0 Å². The Morgan fingerprint density at radius 3 is 2.83 bits per heavy atom. The molecule has 0 atom stereocenters. The van der Waals surface area contributed by atoms with Crippen LogP contribution in [0, 0.1) is 11.8 Å². The first-order valence-corrected chi connectivity index (χ1v) is 4.14. The third-order valence-corrected chi connectivity index (χ3v) is 2.18. The molecule has 0 fully saturated rings. The molecule has 0 aromatic carbocycles. The fraction of sp³-hybridized carbons (Fsp3) is 0.125. The van der Waals surface area contributed by atoms with E-state index in [9.17, 15) is 4.79 Å². The number of hydrogen-bond acceptors (Lipinski definition) is 3. The molecule has 0 unspecified atom stereocenters. The molecule has 0 bridgehead atoms. The highest BCUT2D eigenvalue weighted by molar-refractivity contribution is 7.14. The van der Waals surface area contributed by atoms with E-state index in [4.69, 9.17) is 11.5 Å². The molecule has 3 nitrogen and oxygen atoms in total. The summed E-state index contributed by atoms with van der Waals surface area (Å²) < 4.78 is 0. The molecule has 12 heavy (non-hydrogen) atoms. The maximum absolute atomic E-state index is 10.6. The van der Waals surface area contributed by atoms with Gasteiger partial charge in [-0.15, -0.1) is 11.3 Å². The second-order valence-electron chi connectivity index (χ2n) is 2.03. The first-order chi connectivity index (χ1) is 5.74. The summed E-state index contributed by atoms with van der Waals surface area (Å²) in [6.45, 7) is 0.323. The van der Waals surface area contributed by atoms with Gasteiger partial charge < -0.3 is 11.5 Å². The number of nitrogens with two attached hydrogens (primary N) is 2. The number of hydrogen-bond donors (Lipinski definition) is 2. The number of rotatable bonds is 1. The van der Waals surface area contributed by atoms with Crippen LogP contribution in [0.5, 0.6) is 0 Å². The van der Waals surface area contributed by atoms with E-state index in [0.29, 0.717) is 11.4 Å². The van der Waals surface area contributed by atoms with Crippen LogP contribution in [-0.4, -0.2) is 12.5 Å². The van der Waals surface area contributed by atoms with Crippen LogP contribution in [0.2, 0.25) is 0 Å². The molecular weight excluding hydrogens is 172 g/mol. The maximum atomic E-state index is 10.6. The van der Waals surface area contributed by atoms with E-state index in [-0.39, 0.29) is 0 Å². The Bertz CT molecular complexity index is 345. The second-order valence-corrected chi connectivity index (χ2v) is 3.12. The number of primary amides is 1. The van der Waals surface area contributed by atoms with Crippen molar-refractivity contribution in [3.63, 3.8) is 0 Å². The predicted octanol–water partition coefficient (Wildman–Crippen LogP) is 0.157. The van der Waals surface area contributed by atoms with Crippen LogP contribution in [0.4, 0.5) is 0 Å². The lowest BCUT2D eigenvalue weighted by Crippen LogP contribution is -2.07. The van der Waals surface area contributed by atoms with E-state index in [1.807, 2.05) is 0 Å². The van der Waals surface area contributed by atoms with Crippen molar-refractivity contribution in [2.45, 2.75) is 0 Å². The molecule has 62 valence electrons. The molecule has 1 aromatic rings. The largest absolute Gasteiger partial charge is 0.365 e. The lowest BCUT2D eigenvalue weighted by molar-refractivity contribution is 0.100. The monoisotopic (exact) mass is 180 g/mol. The summed E-state index contributed by atoms with van der Waals surface area (Å²) >= 11 is 1.28. The van der Waals surface area contributed by atoms with Crippen molar-refractivity contribution in [2.24, 2.45) is 11.5 Å². The van der Waals surface area contributed by atoms with E-state index in [1.165, 1.54) is 11.3 Å².